The van der Waals surface area contributed by atoms with Gasteiger partial charge in [0.15, 0.2) is 12.6 Å². The maximum Gasteiger partial charge on any atom is 0.180 e. The van der Waals surface area contributed by atoms with Crippen molar-refractivity contribution in [3.05, 3.63) is 0 Å². The molecule has 0 unspecified atom stereocenters. The van der Waals surface area contributed by atoms with Gasteiger partial charge >= 0.3 is 0 Å². The highest BCUT2D eigenvalue weighted by Crippen LogP contribution is 2.03. The number of hydrogen-bond donors (Lipinski definition) is 0. The van der Waals surface area contributed by atoms with Crippen LogP contribution in [0.3, 0.4) is 0 Å². The van der Waals surface area contributed by atoms with Gasteiger partial charge < -0.3 is 33.2 Å². The molecule has 0 saturated carbocycles. The summed E-state index contributed by atoms with van der Waals surface area (Å²) < 4.78 is 39.9. The molecule has 0 amide bonds. The van der Waals surface area contributed by atoms with E-state index in [1.807, 2.05) is 0 Å². The lowest BCUT2D eigenvalue weighted by molar-refractivity contribution is -0.178. The van der Waals surface area contributed by atoms with E-state index in [2.05, 4.69) is 27.7 Å². The predicted molar refractivity (Wildman–Crippen MR) is 123 cm³/mol. The van der Waals surface area contributed by atoms with E-state index < -0.39 is 0 Å². The normalized spacial score (nSPS) is 11.8. The molecule has 0 heterocycles. The minimum atomic E-state index is -0.293. The molecule has 188 valence electrons. The van der Waals surface area contributed by atoms with E-state index in [4.69, 9.17) is 33.2 Å². The van der Waals surface area contributed by atoms with E-state index in [-0.39, 0.29) is 12.6 Å². The van der Waals surface area contributed by atoms with Crippen LogP contribution in [0.25, 0.3) is 0 Å². The van der Waals surface area contributed by atoms with Crippen LogP contribution >= 0.6 is 0 Å². The highest BCUT2D eigenvalue weighted by atomic mass is 16.7. The van der Waals surface area contributed by atoms with Crippen LogP contribution < -0.4 is 0 Å². The molecule has 0 aromatic heterocycles. The lowest BCUT2D eigenvalue weighted by Gasteiger charge is -2.19. The Morgan fingerprint density at radius 2 is 0.677 bits per heavy atom. The Balaban J connectivity index is 3.75. The zero-order valence-electron chi connectivity index (χ0n) is 20.7. The quantitative estimate of drug-likeness (QED) is 0.136. The molecule has 7 heteroatoms. The molecule has 31 heavy (non-hydrogen) atoms. The Labute approximate surface area is 191 Å². The van der Waals surface area contributed by atoms with Gasteiger partial charge in [-0.05, 0) is 25.7 Å². The zero-order chi connectivity index (χ0) is 22.8. The van der Waals surface area contributed by atoms with Crippen molar-refractivity contribution in [1.82, 2.24) is 0 Å². The van der Waals surface area contributed by atoms with Crippen LogP contribution in [0.1, 0.15) is 79.1 Å². The smallest absolute Gasteiger partial charge is 0.180 e. The maximum atomic E-state index is 5.75. The van der Waals surface area contributed by atoms with Crippen LogP contribution in [-0.4, -0.2) is 78.6 Å². The van der Waals surface area contributed by atoms with Gasteiger partial charge in [0.05, 0.1) is 39.6 Å². The van der Waals surface area contributed by atoms with E-state index in [0.29, 0.717) is 66.1 Å². The van der Waals surface area contributed by atoms with Crippen LogP contribution in [0.2, 0.25) is 0 Å². The van der Waals surface area contributed by atoms with Crippen LogP contribution in [0.4, 0.5) is 0 Å². The summed E-state index contributed by atoms with van der Waals surface area (Å²) in [5.41, 5.74) is 0. The first-order valence-corrected chi connectivity index (χ1v) is 12.5. The molecular formula is C24H50O7. The summed E-state index contributed by atoms with van der Waals surface area (Å²) >= 11 is 0. The molecule has 0 saturated heterocycles. The molecule has 0 fully saturated rings. The summed E-state index contributed by atoms with van der Waals surface area (Å²) in [6.45, 7) is 14.3. The van der Waals surface area contributed by atoms with E-state index >= 15 is 0 Å². The molecule has 0 radical (unpaired) electrons. The fourth-order valence-electron chi connectivity index (χ4n) is 2.42. The van der Waals surface area contributed by atoms with E-state index in [9.17, 15) is 0 Å². The molecular weight excluding hydrogens is 400 g/mol. The SMILES string of the molecule is CCCCOC(COCCOCCOCC(OCCCC)OCCCC)OCCCC. The second kappa shape index (κ2) is 26.0. The van der Waals surface area contributed by atoms with Gasteiger partial charge in [0.1, 0.15) is 0 Å². The Morgan fingerprint density at radius 1 is 0.387 bits per heavy atom. The molecule has 0 rings (SSSR count). The Morgan fingerprint density at radius 3 is 0.968 bits per heavy atom. The Hall–Kier alpha value is -0.280. The minimum Gasteiger partial charge on any atom is -0.377 e. The van der Waals surface area contributed by atoms with Crippen molar-refractivity contribution in [2.24, 2.45) is 0 Å². The Bertz CT molecular complexity index is 281. The van der Waals surface area contributed by atoms with Gasteiger partial charge in [0, 0.05) is 26.4 Å². The molecule has 0 bridgehead atoms. The largest absolute Gasteiger partial charge is 0.377 e. The van der Waals surface area contributed by atoms with Gasteiger partial charge in [-0.3, -0.25) is 0 Å². The second-order valence-electron chi connectivity index (χ2n) is 7.52. The molecule has 0 aliphatic carbocycles. The van der Waals surface area contributed by atoms with Gasteiger partial charge in [0.2, 0.25) is 0 Å². The third-order valence-electron chi connectivity index (χ3n) is 4.46. The second-order valence-corrected chi connectivity index (χ2v) is 7.52. The van der Waals surface area contributed by atoms with Crippen LogP contribution in [0, 0.1) is 0 Å². The van der Waals surface area contributed by atoms with E-state index in [1.165, 1.54) is 0 Å². The topological polar surface area (TPSA) is 64.6 Å². The lowest BCUT2D eigenvalue weighted by Crippen LogP contribution is -2.26. The van der Waals surface area contributed by atoms with E-state index in [0.717, 1.165) is 51.4 Å². The summed E-state index contributed by atoms with van der Waals surface area (Å²) in [5, 5.41) is 0. The average Bonchev–Trinajstić information content (AvgIpc) is 2.77. The van der Waals surface area contributed by atoms with Crippen LogP contribution in [0.15, 0.2) is 0 Å². The molecule has 0 N–H and O–H groups in total. The first-order chi connectivity index (χ1) is 15.3. The summed E-state index contributed by atoms with van der Waals surface area (Å²) in [6, 6.07) is 0. The maximum absolute atomic E-state index is 5.75. The van der Waals surface area contributed by atoms with E-state index in [1.54, 1.807) is 0 Å². The van der Waals surface area contributed by atoms with Crippen molar-refractivity contribution in [3.63, 3.8) is 0 Å². The van der Waals surface area contributed by atoms with Gasteiger partial charge in [-0.1, -0.05) is 53.4 Å². The number of ether oxygens (including phenoxy) is 7. The van der Waals surface area contributed by atoms with Crippen LogP contribution in [0.5, 0.6) is 0 Å². The highest BCUT2D eigenvalue weighted by Gasteiger charge is 2.10. The standard InChI is InChI=1S/C24H50O7/c1-5-9-13-28-23(29-14-10-6-2)21-26-19-17-25-18-20-27-22-24(30-15-11-7-3)31-16-12-8-4/h23-24H,5-22H2,1-4H3. The van der Waals surface area contributed by atoms with Crippen molar-refractivity contribution in [2.45, 2.75) is 91.6 Å². The molecule has 0 aromatic carbocycles. The molecule has 0 atom stereocenters. The van der Waals surface area contributed by atoms with Gasteiger partial charge in [-0.15, -0.1) is 0 Å². The van der Waals surface area contributed by atoms with Crippen molar-refractivity contribution in [2.75, 3.05) is 66.1 Å². The predicted octanol–water partition coefficient (Wildman–Crippen LogP) is 4.96. The fraction of sp³-hybridized carbons (Fsp3) is 1.00. The van der Waals surface area contributed by atoms with Gasteiger partial charge in [-0.25, -0.2) is 0 Å². The third kappa shape index (κ3) is 22.7. The van der Waals surface area contributed by atoms with Crippen molar-refractivity contribution >= 4 is 0 Å². The third-order valence-corrected chi connectivity index (χ3v) is 4.46. The lowest BCUT2D eigenvalue weighted by atomic mass is 10.3. The van der Waals surface area contributed by atoms with Gasteiger partial charge in [-0.2, -0.15) is 0 Å². The van der Waals surface area contributed by atoms with Crippen LogP contribution in [-0.2, 0) is 33.2 Å². The molecule has 0 aliphatic heterocycles. The summed E-state index contributed by atoms with van der Waals surface area (Å²) in [7, 11) is 0. The first kappa shape index (κ1) is 30.7. The van der Waals surface area contributed by atoms with Crippen molar-refractivity contribution < 1.29 is 33.2 Å². The first-order valence-electron chi connectivity index (χ1n) is 12.5. The molecule has 0 aromatic rings. The summed E-state index contributed by atoms with van der Waals surface area (Å²) in [4.78, 5) is 0. The monoisotopic (exact) mass is 450 g/mol. The zero-order valence-corrected chi connectivity index (χ0v) is 20.7. The summed E-state index contributed by atoms with van der Waals surface area (Å²) in [5.74, 6) is 0. The van der Waals surface area contributed by atoms with Gasteiger partial charge in [0.25, 0.3) is 0 Å². The van der Waals surface area contributed by atoms with Crippen molar-refractivity contribution in [3.8, 4) is 0 Å². The number of hydrogen-bond acceptors (Lipinski definition) is 7. The number of unbranched alkanes of at least 4 members (excludes halogenated alkanes) is 4. The Kier molecular flexibility index (Phi) is 25.7. The molecule has 0 aliphatic rings. The average molecular weight is 451 g/mol. The minimum absolute atomic E-state index is 0.293. The summed E-state index contributed by atoms with van der Waals surface area (Å²) in [6.07, 6.45) is 7.97. The number of rotatable bonds is 26. The molecule has 7 nitrogen and oxygen atoms in total. The highest BCUT2D eigenvalue weighted by molar-refractivity contribution is 4.47. The fourth-order valence-corrected chi connectivity index (χ4v) is 2.42. The molecule has 0 spiro atoms. The van der Waals surface area contributed by atoms with Crippen molar-refractivity contribution in [1.29, 1.82) is 0 Å².